The van der Waals surface area contributed by atoms with Crippen LogP contribution in [0.1, 0.15) is 22.8 Å². The van der Waals surface area contributed by atoms with Gasteiger partial charge in [0, 0.05) is 12.7 Å². The van der Waals surface area contributed by atoms with Crippen molar-refractivity contribution in [3.8, 4) is 11.6 Å². The Bertz CT molecular complexity index is 1100. The molecule has 0 aliphatic rings. The van der Waals surface area contributed by atoms with Crippen molar-refractivity contribution < 1.29 is 31.5 Å². The Labute approximate surface area is 172 Å². The first kappa shape index (κ1) is 21.6. The second kappa shape index (κ2) is 8.31. The summed E-state index contributed by atoms with van der Waals surface area (Å²) in [5.41, 5.74) is -1.50. The van der Waals surface area contributed by atoms with E-state index in [4.69, 9.17) is 16.3 Å². The average Bonchev–Trinajstić information content (AvgIpc) is 3.11. The van der Waals surface area contributed by atoms with Crippen molar-refractivity contribution in [3.63, 3.8) is 0 Å². The summed E-state index contributed by atoms with van der Waals surface area (Å²) in [6.07, 6.45) is -3.30. The highest BCUT2D eigenvalue weighted by Gasteiger charge is 2.31. The van der Waals surface area contributed by atoms with Crippen LogP contribution in [-0.2, 0) is 12.7 Å². The smallest absolute Gasteiger partial charge is 0.416 e. The number of carbonyl (C=O) groups is 1. The monoisotopic (exact) mass is 445 g/mol. The summed E-state index contributed by atoms with van der Waals surface area (Å²) in [6, 6.07) is 5.88. The number of carbonyl (C=O) groups excluding carboxylic acids is 1. The Kier molecular flexibility index (Phi) is 5.97. The van der Waals surface area contributed by atoms with Gasteiger partial charge in [0.15, 0.2) is 5.82 Å². The van der Waals surface area contributed by atoms with Crippen LogP contribution in [0.25, 0.3) is 0 Å². The minimum Gasteiger partial charge on any atom is -0.437 e. The summed E-state index contributed by atoms with van der Waals surface area (Å²) >= 11 is 5.49. The van der Waals surface area contributed by atoms with Crippen LogP contribution in [0.3, 0.4) is 0 Å². The fourth-order valence-electron chi connectivity index (χ4n) is 2.46. The van der Waals surface area contributed by atoms with Gasteiger partial charge in [-0.3, -0.25) is 9.48 Å². The third kappa shape index (κ3) is 4.54. The van der Waals surface area contributed by atoms with Crippen LogP contribution >= 0.6 is 11.6 Å². The maximum Gasteiger partial charge on any atom is 0.416 e. The van der Waals surface area contributed by atoms with Crippen molar-refractivity contribution in [2.24, 2.45) is 0 Å². The zero-order valence-corrected chi connectivity index (χ0v) is 16.0. The molecule has 0 aliphatic carbocycles. The molecule has 5 nitrogen and oxygen atoms in total. The molecule has 3 rings (SSSR count). The summed E-state index contributed by atoms with van der Waals surface area (Å²) in [4.78, 5) is 12.6. The topological polar surface area (TPSA) is 56.2 Å². The van der Waals surface area contributed by atoms with E-state index in [9.17, 15) is 26.7 Å². The second-order valence-corrected chi connectivity index (χ2v) is 6.39. The molecular formula is C19H13ClF5N3O2. The third-order valence-electron chi connectivity index (χ3n) is 3.96. The predicted molar refractivity (Wildman–Crippen MR) is 98.7 cm³/mol. The molecule has 0 fully saturated rings. The van der Waals surface area contributed by atoms with Gasteiger partial charge in [-0.1, -0.05) is 17.7 Å². The minimum absolute atomic E-state index is 0.172. The highest BCUT2D eigenvalue weighted by atomic mass is 35.5. The Morgan fingerprint density at radius 1 is 1.23 bits per heavy atom. The Morgan fingerprint density at radius 3 is 2.63 bits per heavy atom. The number of nitrogens with zero attached hydrogens (tertiary/aromatic N) is 2. The predicted octanol–water partition coefficient (Wildman–Crippen LogP) is 5.90. The Balaban J connectivity index is 1.91. The van der Waals surface area contributed by atoms with E-state index in [2.05, 4.69) is 10.4 Å². The van der Waals surface area contributed by atoms with Gasteiger partial charge in [0.2, 0.25) is 0 Å². The van der Waals surface area contributed by atoms with Gasteiger partial charge < -0.3 is 10.1 Å². The van der Waals surface area contributed by atoms with E-state index in [1.165, 1.54) is 16.9 Å². The molecule has 0 atom stereocenters. The molecule has 0 aliphatic heterocycles. The first-order chi connectivity index (χ1) is 14.1. The van der Waals surface area contributed by atoms with Gasteiger partial charge >= 0.3 is 6.18 Å². The normalized spacial score (nSPS) is 11.4. The van der Waals surface area contributed by atoms with Crippen LogP contribution < -0.4 is 10.1 Å². The maximum absolute atomic E-state index is 14.1. The van der Waals surface area contributed by atoms with Crippen LogP contribution in [0.5, 0.6) is 11.6 Å². The lowest BCUT2D eigenvalue weighted by Crippen LogP contribution is -2.13. The van der Waals surface area contributed by atoms with Gasteiger partial charge in [-0.2, -0.15) is 13.2 Å². The number of ether oxygens (including phenoxy) is 1. The van der Waals surface area contributed by atoms with Crippen molar-refractivity contribution >= 4 is 23.2 Å². The van der Waals surface area contributed by atoms with Crippen molar-refractivity contribution in [2.45, 2.75) is 19.6 Å². The maximum atomic E-state index is 14.1. The molecule has 158 valence electrons. The number of anilines is 1. The molecule has 0 radical (unpaired) electrons. The van der Waals surface area contributed by atoms with E-state index < -0.39 is 34.3 Å². The summed E-state index contributed by atoms with van der Waals surface area (Å²) < 4.78 is 72.8. The first-order valence-corrected chi connectivity index (χ1v) is 8.85. The van der Waals surface area contributed by atoms with Gasteiger partial charge in [-0.05, 0) is 37.3 Å². The van der Waals surface area contributed by atoms with Gasteiger partial charge in [0.05, 0.1) is 11.3 Å². The molecule has 2 aromatic carbocycles. The molecular weight excluding hydrogens is 433 g/mol. The SMILES string of the molecule is CCn1cc(C(=O)Nc2ccc(F)c(Cl)c2F)c(Oc2cccc(C(F)(F)F)c2)n1. The standard InChI is InChI=1S/C19H13ClF5N3O2/c1-2-28-9-12(17(29)26-14-7-6-13(21)15(20)16(14)22)18(27-28)30-11-5-3-4-10(8-11)19(23,24)25/h3-9H,2H2,1H3,(H,26,29). The Hall–Kier alpha value is -3.14. The molecule has 1 heterocycles. The van der Waals surface area contributed by atoms with Crippen LogP contribution in [0.4, 0.5) is 27.6 Å². The van der Waals surface area contributed by atoms with Crippen LogP contribution in [0.2, 0.25) is 5.02 Å². The largest absolute Gasteiger partial charge is 0.437 e. The summed E-state index contributed by atoms with van der Waals surface area (Å²) in [7, 11) is 0. The highest BCUT2D eigenvalue weighted by Crippen LogP contribution is 2.33. The highest BCUT2D eigenvalue weighted by molar-refractivity contribution is 6.31. The molecule has 1 aromatic heterocycles. The second-order valence-electron chi connectivity index (χ2n) is 6.01. The molecule has 3 aromatic rings. The summed E-state index contributed by atoms with van der Waals surface area (Å²) in [5.74, 6) is -3.54. The summed E-state index contributed by atoms with van der Waals surface area (Å²) in [6.45, 7) is 2.03. The number of rotatable bonds is 5. The number of aryl methyl sites for hydroxylation is 1. The van der Waals surface area contributed by atoms with Crippen molar-refractivity contribution in [1.82, 2.24) is 9.78 Å². The van der Waals surface area contributed by atoms with E-state index in [-0.39, 0.29) is 22.9 Å². The number of nitrogens with one attached hydrogen (secondary N) is 1. The number of alkyl halides is 3. The van der Waals surface area contributed by atoms with E-state index >= 15 is 0 Å². The minimum atomic E-state index is -4.58. The molecule has 1 N–H and O–H groups in total. The summed E-state index contributed by atoms with van der Waals surface area (Å²) in [5, 5.41) is 5.43. The lowest BCUT2D eigenvalue weighted by Gasteiger charge is -2.10. The number of hydrogen-bond donors (Lipinski definition) is 1. The fraction of sp³-hybridized carbons (Fsp3) is 0.158. The third-order valence-corrected chi connectivity index (χ3v) is 4.30. The van der Waals surface area contributed by atoms with Crippen molar-refractivity contribution in [2.75, 3.05) is 5.32 Å². The molecule has 0 bridgehead atoms. The number of amides is 1. The van der Waals surface area contributed by atoms with Crippen LogP contribution in [-0.4, -0.2) is 15.7 Å². The molecule has 0 saturated carbocycles. The molecule has 30 heavy (non-hydrogen) atoms. The van der Waals surface area contributed by atoms with Gasteiger partial charge in [-0.25, -0.2) is 8.78 Å². The average molecular weight is 446 g/mol. The van der Waals surface area contributed by atoms with E-state index in [0.29, 0.717) is 6.54 Å². The van der Waals surface area contributed by atoms with Gasteiger partial charge in [0.25, 0.3) is 11.8 Å². The van der Waals surface area contributed by atoms with Crippen molar-refractivity contribution in [3.05, 3.63) is 70.4 Å². The fourth-order valence-corrected chi connectivity index (χ4v) is 2.62. The molecule has 11 heteroatoms. The quantitative estimate of drug-likeness (QED) is 0.393. The van der Waals surface area contributed by atoms with E-state index in [1.54, 1.807) is 6.92 Å². The van der Waals surface area contributed by atoms with Gasteiger partial charge in [0.1, 0.15) is 22.2 Å². The molecule has 0 saturated heterocycles. The van der Waals surface area contributed by atoms with E-state index in [1.807, 2.05) is 0 Å². The molecule has 1 amide bonds. The zero-order valence-electron chi connectivity index (χ0n) is 15.2. The first-order valence-electron chi connectivity index (χ1n) is 8.47. The number of halogens is 6. The van der Waals surface area contributed by atoms with Crippen LogP contribution in [0, 0.1) is 11.6 Å². The van der Waals surface area contributed by atoms with Crippen LogP contribution in [0.15, 0.2) is 42.6 Å². The van der Waals surface area contributed by atoms with Crippen molar-refractivity contribution in [1.29, 1.82) is 0 Å². The molecule has 0 spiro atoms. The zero-order chi connectivity index (χ0) is 22.1. The number of benzene rings is 2. The Morgan fingerprint density at radius 2 is 1.97 bits per heavy atom. The lowest BCUT2D eigenvalue weighted by molar-refractivity contribution is -0.137. The molecule has 0 unspecified atom stereocenters. The van der Waals surface area contributed by atoms with Gasteiger partial charge in [-0.15, -0.1) is 5.10 Å². The number of aromatic nitrogens is 2. The lowest BCUT2D eigenvalue weighted by atomic mass is 10.2. The van der Waals surface area contributed by atoms with E-state index in [0.717, 1.165) is 30.3 Å². The number of hydrogen-bond acceptors (Lipinski definition) is 3.